The standard InChI is InChI=1S/C14H20FN5O/c1-2-3-8-21-9-4-7-20-14(17-18-19-20)11-5-6-13(16)12(15)10-11/h5-6,10H,2-4,7-9,16H2,1H3. The van der Waals surface area contributed by atoms with Gasteiger partial charge in [-0.05, 0) is 41.5 Å². The van der Waals surface area contributed by atoms with Crippen molar-refractivity contribution in [1.82, 2.24) is 20.2 Å². The number of nitrogens with two attached hydrogens (primary N) is 1. The van der Waals surface area contributed by atoms with Crippen LogP contribution < -0.4 is 5.73 Å². The van der Waals surface area contributed by atoms with Crippen LogP contribution in [0.1, 0.15) is 26.2 Å². The van der Waals surface area contributed by atoms with Gasteiger partial charge in [-0.3, -0.25) is 0 Å². The highest BCUT2D eigenvalue weighted by Gasteiger charge is 2.10. The molecule has 0 saturated carbocycles. The maximum Gasteiger partial charge on any atom is 0.182 e. The van der Waals surface area contributed by atoms with Crippen molar-refractivity contribution in [3.8, 4) is 11.4 Å². The molecule has 0 spiro atoms. The number of halogens is 1. The van der Waals surface area contributed by atoms with Crippen LogP contribution in [0.3, 0.4) is 0 Å². The van der Waals surface area contributed by atoms with E-state index in [1.165, 1.54) is 12.1 Å². The number of aromatic nitrogens is 4. The first-order chi connectivity index (χ1) is 10.2. The van der Waals surface area contributed by atoms with Crippen LogP contribution in [0.25, 0.3) is 11.4 Å². The van der Waals surface area contributed by atoms with Crippen LogP contribution in [0, 0.1) is 5.82 Å². The Balaban J connectivity index is 1.93. The van der Waals surface area contributed by atoms with Crippen molar-refractivity contribution in [1.29, 1.82) is 0 Å². The fraction of sp³-hybridized carbons (Fsp3) is 0.500. The van der Waals surface area contributed by atoms with Gasteiger partial charge in [0.05, 0.1) is 5.69 Å². The topological polar surface area (TPSA) is 78.8 Å². The first kappa shape index (κ1) is 15.4. The fourth-order valence-corrected chi connectivity index (χ4v) is 1.89. The Morgan fingerprint density at radius 2 is 2.10 bits per heavy atom. The summed E-state index contributed by atoms with van der Waals surface area (Å²) in [7, 11) is 0. The molecule has 1 aromatic carbocycles. The molecule has 0 unspecified atom stereocenters. The molecule has 0 aliphatic rings. The van der Waals surface area contributed by atoms with Crippen LogP contribution in [0.5, 0.6) is 0 Å². The van der Waals surface area contributed by atoms with Gasteiger partial charge in [0, 0.05) is 25.3 Å². The quantitative estimate of drug-likeness (QED) is 0.596. The third kappa shape index (κ3) is 4.22. The zero-order valence-corrected chi connectivity index (χ0v) is 12.1. The van der Waals surface area contributed by atoms with Crippen LogP contribution in [-0.2, 0) is 11.3 Å². The van der Waals surface area contributed by atoms with E-state index in [1.54, 1.807) is 10.7 Å². The monoisotopic (exact) mass is 293 g/mol. The van der Waals surface area contributed by atoms with E-state index in [2.05, 4.69) is 22.4 Å². The molecule has 114 valence electrons. The average Bonchev–Trinajstić information content (AvgIpc) is 2.94. The highest BCUT2D eigenvalue weighted by Crippen LogP contribution is 2.20. The van der Waals surface area contributed by atoms with Gasteiger partial charge in [-0.25, -0.2) is 9.07 Å². The summed E-state index contributed by atoms with van der Waals surface area (Å²) in [5, 5.41) is 11.5. The Labute approximate surface area is 123 Å². The van der Waals surface area contributed by atoms with E-state index in [9.17, 15) is 4.39 Å². The van der Waals surface area contributed by atoms with Crippen molar-refractivity contribution >= 4 is 5.69 Å². The minimum atomic E-state index is -0.468. The van der Waals surface area contributed by atoms with Gasteiger partial charge in [0.2, 0.25) is 0 Å². The van der Waals surface area contributed by atoms with E-state index >= 15 is 0 Å². The highest BCUT2D eigenvalue weighted by molar-refractivity contribution is 5.58. The van der Waals surface area contributed by atoms with Crippen LogP contribution in [0.4, 0.5) is 10.1 Å². The number of unbranched alkanes of at least 4 members (excludes halogenated alkanes) is 1. The van der Waals surface area contributed by atoms with E-state index in [1.807, 2.05) is 0 Å². The first-order valence-electron chi connectivity index (χ1n) is 7.11. The molecule has 0 aliphatic heterocycles. The summed E-state index contributed by atoms with van der Waals surface area (Å²) in [4.78, 5) is 0. The van der Waals surface area contributed by atoms with Gasteiger partial charge >= 0.3 is 0 Å². The van der Waals surface area contributed by atoms with Gasteiger partial charge in [-0.2, -0.15) is 0 Å². The Kier molecular flexibility index (Phi) is 5.62. The van der Waals surface area contributed by atoms with E-state index in [4.69, 9.17) is 10.5 Å². The van der Waals surface area contributed by atoms with E-state index < -0.39 is 5.82 Å². The van der Waals surface area contributed by atoms with Gasteiger partial charge in [0.1, 0.15) is 5.82 Å². The van der Waals surface area contributed by atoms with Gasteiger partial charge in [-0.1, -0.05) is 13.3 Å². The average molecular weight is 293 g/mol. The molecule has 21 heavy (non-hydrogen) atoms. The molecule has 2 rings (SSSR count). The summed E-state index contributed by atoms with van der Waals surface area (Å²) < 4.78 is 20.6. The number of ether oxygens (including phenoxy) is 1. The largest absolute Gasteiger partial charge is 0.396 e. The van der Waals surface area contributed by atoms with Crippen LogP contribution >= 0.6 is 0 Å². The molecular weight excluding hydrogens is 273 g/mol. The zero-order chi connectivity index (χ0) is 15.1. The number of aryl methyl sites for hydroxylation is 1. The second-order valence-corrected chi connectivity index (χ2v) is 4.78. The van der Waals surface area contributed by atoms with Crippen molar-refractivity contribution < 1.29 is 9.13 Å². The lowest BCUT2D eigenvalue weighted by Gasteiger charge is -2.06. The third-order valence-corrected chi connectivity index (χ3v) is 3.09. The number of nitrogen functional groups attached to an aromatic ring is 1. The summed E-state index contributed by atoms with van der Waals surface area (Å²) in [6.45, 7) is 4.19. The molecule has 0 bridgehead atoms. The summed E-state index contributed by atoms with van der Waals surface area (Å²) in [5.74, 6) is 0.0624. The van der Waals surface area contributed by atoms with Crippen molar-refractivity contribution in [2.24, 2.45) is 0 Å². The van der Waals surface area contributed by atoms with Crippen LogP contribution in [0.15, 0.2) is 18.2 Å². The number of nitrogens with zero attached hydrogens (tertiary/aromatic N) is 4. The number of anilines is 1. The predicted molar refractivity (Wildman–Crippen MR) is 78.0 cm³/mol. The second kappa shape index (κ2) is 7.68. The third-order valence-electron chi connectivity index (χ3n) is 3.09. The molecule has 0 atom stereocenters. The lowest BCUT2D eigenvalue weighted by Crippen LogP contribution is -2.07. The molecule has 6 nitrogen and oxygen atoms in total. The molecule has 0 saturated heterocycles. The van der Waals surface area contributed by atoms with Gasteiger partial charge in [0.15, 0.2) is 5.82 Å². The lowest BCUT2D eigenvalue weighted by molar-refractivity contribution is 0.125. The van der Waals surface area contributed by atoms with E-state index in [0.29, 0.717) is 24.5 Å². The molecular formula is C14H20FN5O. The molecule has 1 aromatic heterocycles. The second-order valence-electron chi connectivity index (χ2n) is 4.78. The Morgan fingerprint density at radius 3 is 2.86 bits per heavy atom. The van der Waals surface area contributed by atoms with Crippen molar-refractivity contribution in [3.05, 3.63) is 24.0 Å². The minimum Gasteiger partial charge on any atom is -0.396 e. The molecule has 0 radical (unpaired) electrons. The summed E-state index contributed by atoms with van der Waals surface area (Å²) >= 11 is 0. The van der Waals surface area contributed by atoms with Gasteiger partial charge in [-0.15, -0.1) is 5.10 Å². The van der Waals surface area contributed by atoms with Crippen LogP contribution in [-0.4, -0.2) is 33.4 Å². The summed E-state index contributed by atoms with van der Waals surface area (Å²) in [6.07, 6.45) is 3.00. The maximum absolute atomic E-state index is 13.5. The van der Waals surface area contributed by atoms with Crippen molar-refractivity contribution in [3.63, 3.8) is 0 Å². The van der Waals surface area contributed by atoms with E-state index in [-0.39, 0.29) is 5.69 Å². The number of tetrazole rings is 1. The fourth-order valence-electron chi connectivity index (χ4n) is 1.89. The number of hydrogen-bond donors (Lipinski definition) is 1. The number of rotatable bonds is 8. The van der Waals surface area contributed by atoms with Crippen molar-refractivity contribution in [2.75, 3.05) is 18.9 Å². The van der Waals surface area contributed by atoms with Crippen LogP contribution in [0.2, 0.25) is 0 Å². The number of hydrogen-bond acceptors (Lipinski definition) is 5. The molecule has 0 fully saturated rings. The smallest absolute Gasteiger partial charge is 0.182 e. The molecule has 7 heteroatoms. The minimum absolute atomic E-state index is 0.113. The Morgan fingerprint density at radius 1 is 1.29 bits per heavy atom. The molecule has 2 aromatic rings. The maximum atomic E-state index is 13.5. The number of benzene rings is 1. The SMILES string of the molecule is CCCCOCCCn1nnnc1-c1ccc(N)c(F)c1. The Hall–Kier alpha value is -2.02. The molecule has 1 heterocycles. The summed E-state index contributed by atoms with van der Waals surface area (Å²) in [6, 6.07) is 4.56. The molecule has 2 N–H and O–H groups in total. The van der Waals surface area contributed by atoms with E-state index in [0.717, 1.165) is 25.9 Å². The zero-order valence-electron chi connectivity index (χ0n) is 12.1. The molecule has 0 amide bonds. The first-order valence-corrected chi connectivity index (χ1v) is 7.11. The van der Waals surface area contributed by atoms with Gasteiger partial charge in [0.25, 0.3) is 0 Å². The Bertz CT molecular complexity index is 572. The lowest BCUT2D eigenvalue weighted by atomic mass is 10.2. The molecule has 0 aliphatic carbocycles. The summed E-state index contributed by atoms with van der Waals surface area (Å²) in [5.41, 5.74) is 6.19. The van der Waals surface area contributed by atoms with Gasteiger partial charge < -0.3 is 10.5 Å². The predicted octanol–water partition coefficient (Wildman–Crippen LogP) is 2.27. The normalized spacial score (nSPS) is 11.0. The van der Waals surface area contributed by atoms with Crippen molar-refractivity contribution in [2.45, 2.75) is 32.7 Å². The highest BCUT2D eigenvalue weighted by atomic mass is 19.1.